The van der Waals surface area contributed by atoms with Crippen LogP contribution < -0.4 is 18.7 Å². The SMILES string of the molecule is CCN(c1ccccc1)S(=O)(=O)c1cccc2c(N(C(=O)/C=C/c3ccc(OC(C)=O)c(OC(C)=O)c3)c3ccccc3)cccc12. The van der Waals surface area contributed by atoms with E-state index in [-0.39, 0.29) is 22.9 Å². The molecule has 0 aromatic heterocycles. The molecule has 0 fully saturated rings. The van der Waals surface area contributed by atoms with E-state index >= 15 is 0 Å². The van der Waals surface area contributed by atoms with Gasteiger partial charge in [0, 0.05) is 42.9 Å². The zero-order valence-corrected chi connectivity index (χ0v) is 26.8. The predicted octanol–water partition coefficient (Wildman–Crippen LogP) is 7.28. The summed E-state index contributed by atoms with van der Waals surface area (Å²) < 4.78 is 39.9. The van der Waals surface area contributed by atoms with Crippen LogP contribution in [0.25, 0.3) is 16.8 Å². The molecule has 0 atom stereocenters. The molecule has 0 N–H and O–H groups in total. The highest BCUT2D eigenvalue weighted by Gasteiger charge is 2.27. The third kappa shape index (κ3) is 7.23. The highest BCUT2D eigenvalue weighted by molar-refractivity contribution is 7.93. The number of amides is 1. The standard InChI is InChI=1S/C37H32N2O7S/c1-4-38(29-13-7-5-8-14-29)47(43,44)36-20-12-17-31-32(36)18-11-19-33(31)39(30-15-9-6-10-16-30)37(42)24-22-28-21-23-34(45-26(2)40)35(25-28)46-27(3)41/h5-25H,4H2,1-3H3/b24-22+. The minimum Gasteiger partial charge on any atom is -0.423 e. The quantitative estimate of drug-likeness (QED) is 0.0889. The number of fused-ring (bicyclic) bond motifs is 1. The molecule has 0 radical (unpaired) electrons. The van der Waals surface area contributed by atoms with Gasteiger partial charge in [-0.25, -0.2) is 8.42 Å². The van der Waals surface area contributed by atoms with Crippen molar-refractivity contribution in [2.24, 2.45) is 0 Å². The third-order valence-electron chi connectivity index (χ3n) is 7.13. The molecule has 0 heterocycles. The summed E-state index contributed by atoms with van der Waals surface area (Å²) in [4.78, 5) is 38.8. The summed E-state index contributed by atoms with van der Waals surface area (Å²) >= 11 is 0. The Labute approximate surface area is 273 Å². The number of nitrogens with zero attached hydrogens (tertiary/aromatic N) is 2. The second kappa shape index (κ2) is 14.1. The highest BCUT2D eigenvalue weighted by Crippen LogP contribution is 2.37. The van der Waals surface area contributed by atoms with Crippen LogP contribution in [-0.4, -0.2) is 32.8 Å². The summed E-state index contributed by atoms with van der Waals surface area (Å²) in [6, 6.07) is 32.7. The maximum Gasteiger partial charge on any atom is 0.308 e. The molecule has 0 aliphatic heterocycles. The molecule has 0 aliphatic rings. The van der Waals surface area contributed by atoms with E-state index in [1.807, 2.05) is 12.1 Å². The zero-order valence-electron chi connectivity index (χ0n) is 26.0. The van der Waals surface area contributed by atoms with Gasteiger partial charge in [0.25, 0.3) is 15.9 Å². The topological polar surface area (TPSA) is 110 Å². The van der Waals surface area contributed by atoms with Crippen molar-refractivity contribution in [3.8, 4) is 11.5 Å². The Morgan fingerprint density at radius 2 is 1.28 bits per heavy atom. The van der Waals surface area contributed by atoms with Crippen LogP contribution in [0.2, 0.25) is 0 Å². The number of ether oxygens (including phenoxy) is 2. The van der Waals surface area contributed by atoms with Crippen LogP contribution in [0.15, 0.2) is 126 Å². The number of para-hydroxylation sites is 2. The summed E-state index contributed by atoms with van der Waals surface area (Å²) in [7, 11) is -3.98. The van der Waals surface area contributed by atoms with E-state index in [0.717, 1.165) is 0 Å². The second-order valence-corrected chi connectivity index (χ2v) is 12.2. The fourth-order valence-electron chi connectivity index (χ4n) is 5.20. The van der Waals surface area contributed by atoms with E-state index in [2.05, 4.69) is 0 Å². The van der Waals surface area contributed by atoms with Crippen molar-refractivity contribution in [1.29, 1.82) is 0 Å². The Hall–Kier alpha value is -5.74. The fourth-order valence-corrected chi connectivity index (χ4v) is 6.88. The van der Waals surface area contributed by atoms with E-state index in [1.54, 1.807) is 104 Å². The Kier molecular flexibility index (Phi) is 9.82. The lowest BCUT2D eigenvalue weighted by Gasteiger charge is -2.26. The predicted molar refractivity (Wildman–Crippen MR) is 182 cm³/mol. The van der Waals surface area contributed by atoms with Crippen LogP contribution in [0.3, 0.4) is 0 Å². The molecule has 5 aromatic rings. The molecule has 9 nitrogen and oxygen atoms in total. The Morgan fingerprint density at radius 1 is 0.681 bits per heavy atom. The monoisotopic (exact) mass is 648 g/mol. The number of anilines is 3. The number of sulfonamides is 1. The van der Waals surface area contributed by atoms with E-state index in [0.29, 0.717) is 33.4 Å². The van der Waals surface area contributed by atoms with Gasteiger partial charge in [0.1, 0.15) is 0 Å². The van der Waals surface area contributed by atoms with Gasteiger partial charge in [-0.15, -0.1) is 0 Å². The minimum atomic E-state index is -3.98. The van der Waals surface area contributed by atoms with Crippen molar-refractivity contribution < 1.29 is 32.3 Å². The van der Waals surface area contributed by atoms with Crippen molar-refractivity contribution in [3.05, 3.63) is 127 Å². The van der Waals surface area contributed by atoms with Gasteiger partial charge in [-0.3, -0.25) is 23.6 Å². The lowest BCUT2D eigenvalue weighted by Crippen LogP contribution is -2.31. The van der Waals surface area contributed by atoms with Crippen molar-refractivity contribution in [2.75, 3.05) is 15.7 Å². The van der Waals surface area contributed by atoms with Gasteiger partial charge >= 0.3 is 11.9 Å². The highest BCUT2D eigenvalue weighted by atomic mass is 32.2. The number of carbonyl (C=O) groups excluding carboxylic acids is 3. The van der Waals surface area contributed by atoms with Gasteiger partial charge in [-0.05, 0) is 67.1 Å². The first-order valence-electron chi connectivity index (χ1n) is 14.8. The average molecular weight is 649 g/mol. The maximum atomic E-state index is 14.1. The summed E-state index contributed by atoms with van der Waals surface area (Å²) in [5.41, 5.74) is 2.10. The zero-order chi connectivity index (χ0) is 33.6. The van der Waals surface area contributed by atoms with E-state index in [9.17, 15) is 22.8 Å². The number of hydrogen-bond donors (Lipinski definition) is 0. The molecule has 47 heavy (non-hydrogen) atoms. The first-order chi connectivity index (χ1) is 22.6. The second-order valence-electron chi connectivity index (χ2n) is 10.4. The molecule has 0 aliphatic carbocycles. The molecule has 0 spiro atoms. The van der Waals surface area contributed by atoms with Gasteiger partial charge in [0.05, 0.1) is 16.3 Å². The van der Waals surface area contributed by atoms with E-state index in [1.165, 1.54) is 41.3 Å². The van der Waals surface area contributed by atoms with Crippen molar-refractivity contribution >= 4 is 61.8 Å². The van der Waals surface area contributed by atoms with Crippen LogP contribution in [0.1, 0.15) is 26.3 Å². The van der Waals surface area contributed by atoms with Gasteiger partial charge in [0.2, 0.25) is 0 Å². The minimum absolute atomic E-state index is 0.0293. The fraction of sp³-hybridized carbons (Fsp3) is 0.108. The van der Waals surface area contributed by atoms with Crippen LogP contribution in [0.5, 0.6) is 11.5 Å². The number of rotatable bonds is 10. The molecule has 0 unspecified atom stereocenters. The first-order valence-corrected chi connectivity index (χ1v) is 16.2. The molecule has 0 saturated carbocycles. The molecule has 0 saturated heterocycles. The van der Waals surface area contributed by atoms with Crippen molar-refractivity contribution in [1.82, 2.24) is 0 Å². The number of esters is 2. The lowest BCUT2D eigenvalue weighted by atomic mass is 10.1. The van der Waals surface area contributed by atoms with E-state index in [4.69, 9.17) is 9.47 Å². The number of benzene rings is 5. The van der Waals surface area contributed by atoms with Crippen LogP contribution >= 0.6 is 0 Å². The van der Waals surface area contributed by atoms with Gasteiger partial charge in [-0.2, -0.15) is 0 Å². The molecule has 5 aromatic carbocycles. The maximum absolute atomic E-state index is 14.1. The Bertz CT molecular complexity index is 2080. The summed E-state index contributed by atoms with van der Waals surface area (Å²) in [5, 5.41) is 1.02. The summed E-state index contributed by atoms with van der Waals surface area (Å²) in [6.07, 6.45) is 2.90. The summed E-state index contributed by atoms with van der Waals surface area (Å²) in [6.45, 7) is 4.46. The lowest BCUT2D eigenvalue weighted by molar-refractivity contribution is -0.134. The number of hydrogen-bond acceptors (Lipinski definition) is 7. The van der Waals surface area contributed by atoms with Crippen LogP contribution in [0, 0.1) is 0 Å². The normalized spacial score (nSPS) is 11.3. The average Bonchev–Trinajstić information content (AvgIpc) is 3.05. The molecule has 0 bridgehead atoms. The molecular weight excluding hydrogens is 616 g/mol. The van der Waals surface area contributed by atoms with Crippen LogP contribution in [0.4, 0.5) is 17.1 Å². The third-order valence-corrected chi connectivity index (χ3v) is 9.09. The van der Waals surface area contributed by atoms with Crippen LogP contribution in [-0.2, 0) is 24.4 Å². The molecule has 10 heteroatoms. The number of carbonyl (C=O) groups is 3. The molecular formula is C37H32N2O7S. The van der Waals surface area contributed by atoms with Gasteiger partial charge in [-0.1, -0.05) is 66.7 Å². The van der Waals surface area contributed by atoms with Crippen molar-refractivity contribution in [2.45, 2.75) is 25.7 Å². The molecule has 1 amide bonds. The Balaban J connectivity index is 1.59. The Morgan fingerprint density at radius 3 is 1.91 bits per heavy atom. The molecule has 238 valence electrons. The smallest absolute Gasteiger partial charge is 0.308 e. The molecule has 5 rings (SSSR count). The largest absolute Gasteiger partial charge is 0.423 e. The van der Waals surface area contributed by atoms with Crippen molar-refractivity contribution in [3.63, 3.8) is 0 Å². The van der Waals surface area contributed by atoms with Gasteiger partial charge < -0.3 is 9.47 Å². The summed E-state index contributed by atoms with van der Waals surface area (Å²) in [5.74, 6) is -1.51. The van der Waals surface area contributed by atoms with E-state index < -0.39 is 27.9 Å². The van der Waals surface area contributed by atoms with Gasteiger partial charge in [0.15, 0.2) is 11.5 Å². The first kappa shape index (κ1) is 32.6.